The van der Waals surface area contributed by atoms with Crippen LogP contribution in [-0.2, 0) is 24.2 Å². The standard InChI is InChI=1S/C11H18N4O7S/c16-10(12-13-3-5-21-6-4-13)9-2-1-8-7-14(9)11(17)15(8)22-23(18,19)20/h8-9H,1-7H2,(H,12,16)(H,18,19,20). The zero-order valence-corrected chi connectivity index (χ0v) is 13.1. The number of carbonyl (C=O) groups excluding carboxylic acids is 2. The van der Waals surface area contributed by atoms with Gasteiger partial charge in [0.2, 0.25) is 0 Å². The second-order valence-electron chi connectivity index (χ2n) is 5.59. The number of nitrogens with one attached hydrogen (secondary N) is 1. The maximum absolute atomic E-state index is 12.4. The number of nitrogens with zero attached hydrogens (tertiary/aromatic N) is 3. The number of fused-ring (bicyclic) bond motifs is 2. The summed E-state index contributed by atoms with van der Waals surface area (Å²) in [5.74, 6) is -0.326. The Morgan fingerprint density at radius 3 is 2.65 bits per heavy atom. The fourth-order valence-corrected chi connectivity index (χ4v) is 3.40. The SMILES string of the molecule is O=C(NN1CCOCC1)C1CCC2CN1C(=O)N2OS(=O)(=O)O. The number of ether oxygens (including phenoxy) is 1. The molecular weight excluding hydrogens is 332 g/mol. The predicted octanol–water partition coefficient (Wildman–Crippen LogP) is -1.65. The first-order valence-corrected chi connectivity index (χ1v) is 8.62. The molecule has 3 saturated heterocycles. The van der Waals surface area contributed by atoms with E-state index in [2.05, 4.69) is 9.71 Å². The summed E-state index contributed by atoms with van der Waals surface area (Å²) in [4.78, 5) is 25.8. The minimum atomic E-state index is -4.78. The van der Waals surface area contributed by atoms with Gasteiger partial charge in [0.25, 0.3) is 5.91 Å². The molecule has 3 amide bonds. The topological polar surface area (TPSA) is 129 Å². The van der Waals surface area contributed by atoms with Crippen molar-refractivity contribution < 1.29 is 31.6 Å². The molecule has 3 aliphatic rings. The van der Waals surface area contributed by atoms with Crippen molar-refractivity contribution in [1.29, 1.82) is 0 Å². The molecule has 2 atom stereocenters. The van der Waals surface area contributed by atoms with E-state index < -0.39 is 28.5 Å². The number of urea groups is 1. The van der Waals surface area contributed by atoms with Crippen LogP contribution in [0.15, 0.2) is 0 Å². The number of amides is 3. The Morgan fingerprint density at radius 1 is 1.30 bits per heavy atom. The summed E-state index contributed by atoms with van der Waals surface area (Å²) in [6.45, 7) is 2.34. The average molecular weight is 350 g/mol. The van der Waals surface area contributed by atoms with Crippen LogP contribution >= 0.6 is 0 Å². The van der Waals surface area contributed by atoms with E-state index in [4.69, 9.17) is 9.29 Å². The molecule has 130 valence electrons. The third-order valence-electron chi connectivity index (χ3n) is 4.08. The van der Waals surface area contributed by atoms with Crippen molar-refractivity contribution in [2.45, 2.75) is 24.9 Å². The normalized spacial score (nSPS) is 29.0. The Hall–Kier alpha value is -1.47. The van der Waals surface area contributed by atoms with Gasteiger partial charge in [-0.25, -0.2) is 9.80 Å². The van der Waals surface area contributed by atoms with Crippen molar-refractivity contribution in [3.8, 4) is 0 Å². The van der Waals surface area contributed by atoms with Crippen LogP contribution in [-0.4, -0.2) is 84.8 Å². The van der Waals surface area contributed by atoms with Crippen LogP contribution in [0.4, 0.5) is 4.79 Å². The number of hydroxylamine groups is 2. The second kappa shape index (κ2) is 6.20. The van der Waals surface area contributed by atoms with Gasteiger partial charge in [0, 0.05) is 19.6 Å². The molecule has 0 spiro atoms. The Morgan fingerprint density at radius 2 is 2.00 bits per heavy atom. The van der Waals surface area contributed by atoms with Crippen LogP contribution < -0.4 is 5.43 Å². The van der Waals surface area contributed by atoms with Crippen LogP contribution in [0, 0.1) is 0 Å². The van der Waals surface area contributed by atoms with E-state index in [0.29, 0.717) is 44.2 Å². The first-order valence-electron chi connectivity index (χ1n) is 7.25. The fraction of sp³-hybridized carbons (Fsp3) is 0.818. The van der Waals surface area contributed by atoms with E-state index in [1.165, 1.54) is 4.90 Å². The van der Waals surface area contributed by atoms with Crippen molar-refractivity contribution in [2.24, 2.45) is 0 Å². The van der Waals surface area contributed by atoms with Gasteiger partial charge in [-0.05, 0) is 12.8 Å². The molecule has 0 radical (unpaired) electrons. The lowest BCUT2D eigenvalue weighted by atomic mass is 10.0. The summed E-state index contributed by atoms with van der Waals surface area (Å²) in [6.07, 6.45) is 0.789. The van der Waals surface area contributed by atoms with E-state index in [-0.39, 0.29) is 12.5 Å². The van der Waals surface area contributed by atoms with E-state index in [0.717, 1.165) is 0 Å². The summed E-state index contributed by atoms with van der Waals surface area (Å²) in [7, 11) is -4.78. The van der Waals surface area contributed by atoms with Gasteiger partial charge in [0.15, 0.2) is 0 Å². The third kappa shape index (κ3) is 3.55. The molecule has 3 fully saturated rings. The highest BCUT2D eigenvalue weighted by Crippen LogP contribution is 2.30. The molecule has 2 N–H and O–H groups in total. The van der Waals surface area contributed by atoms with Crippen molar-refractivity contribution >= 4 is 22.3 Å². The molecule has 2 bridgehead atoms. The minimum Gasteiger partial charge on any atom is -0.379 e. The summed E-state index contributed by atoms with van der Waals surface area (Å²) in [5, 5.41) is 2.35. The lowest BCUT2D eigenvalue weighted by Gasteiger charge is -2.33. The number of hydrogen-bond acceptors (Lipinski definition) is 7. The Balaban J connectivity index is 1.64. The van der Waals surface area contributed by atoms with E-state index >= 15 is 0 Å². The molecule has 3 rings (SSSR count). The molecule has 0 aromatic rings. The highest BCUT2D eigenvalue weighted by Gasteiger charge is 2.49. The van der Waals surface area contributed by atoms with Gasteiger partial charge in [-0.3, -0.25) is 14.8 Å². The molecule has 0 aromatic carbocycles. The maximum Gasteiger partial charge on any atom is 0.418 e. The van der Waals surface area contributed by atoms with Crippen molar-refractivity contribution in [3.63, 3.8) is 0 Å². The summed E-state index contributed by atoms with van der Waals surface area (Å²) >= 11 is 0. The number of hydrogen-bond donors (Lipinski definition) is 2. The van der Waals surface area contributed by atoms with Gasteiger partial charge in [0.05, 0.1) is 19.3 Å². The van der Waals surface area contributed by atoms with Crippen LogP contribution in [0.3, 0.4) is 0 Å². The van der Waals surface area contributed by atoms with Crippen LogP contribution in [0.25, 0.3) is 0 Å². The number of carbonyl (C=O) groups is 2. The molecule has 23 heavy (non-hydrogen) atoms. The molecule has 2 unspecified atom stereocenters. The Labute approximate surface area is 133 Å². The van der Waals surface area contributed by atoms with Crippen molar-refractivity contribution in [1.82, 2.24) is 20.4 Å². The van der Waals surface area contributed by atoms with Gasteiger partial charge >= 0.3 is 16.4 Å². The van der Waals surface area contributed by atoms with Gasteiger partial charge in [-0.2, -0.15) is 13.5 Å². The lowest BCUT2D eigenvalue weighted by molar-refractivity contribution is -0.133. The first kappa shape index (κ1) is 16.4. The lowest BCUT2D eigenvalue weighted by Crippen LogP contribution is -2.56. The predicted molar refractivity (Wildman–Crippen MR) is 73.9 cm³/mol. The smallest absolute Gasteiger partial charge is 0.379 e. The summed E-state index contributed by atoms with van der Waals surface area (Å²) in [6, 6.07) is -1.94. The zero-order valence-electron chi connectivity index (χ0n) is 12.3. The molecule has 11 nitrogen and oxygen atoms in total. The molecule has 3 heterocycles. The highest BCUT2D eigenvalue weighted by atomic mass is 32.3. The van der Waals surface area contributed by atoms with Crippen LogP contribution in [0.2, 0.25) is 0 Å². The molecule has 12 heteroatoms. The number of rotatable bonds is 4. The molecular formula is C11H18N4O7S. The molecule has 3 aliphatic heterocycles. The average Bonchev–Trinajstić information content (AvgIpc) is 2.72. The maximum atomic E-state index is 12.4. The monoisotopic (exact) mass is 350 g/mol. The van der Waals surface area contributed by atoms with E-state index in [1.807, 2.05) is 0 Å². The number of piperidine rings is 1. The van der Waals surface area contributed by atoms with Gasteiger partial charge < -0.3 is 9.64 Å². The zero-order chi connectivity index (χ0) is 16.6. The molecule has 0 aliphatic carbocycles. The second-order valence-corrected chi connectivity index (χ2v) is 6.59. The minimum absolute atomic E-state index is 0.176. The van der Waals surface area contributed by atoms with E-state index in [9.17, 15) is 18.0 Å². The van der Waals surface area contributed by atoms with Crippen molar-refractivity contribution in [3.05, 3.63) is 0 Å². The Kier molecular flexibility index (Phi) is 4.42. The number of morpholine rings is 1. The van der Waals surface area contributed by atoms with Crippen LogP contribution in [0.1, 0.15) is 12.8 Å². The quantitative estimate of drug-likeness (QED) is 0.577. The van der Waals surface area contributed by atoms with E-state index in [1.54, 1.807) is 5.01 Å². The highest BCUT2D eigenvalue weighted by molar-refractivity contribution is 7.80. The Bertz CT molecular complexity index is 591. The van der Waals surface area contributed by atoms with Gasteiger partial charge in [-0.1, -0.05) is 0 Å². The van der Waals surface area contributed by atoms with Gasteiger partial charge in [-0.15, -0.1) is 4.28 Å². The summed E-state index contributed by atoms with van der Waals surface area (Å²) in [5.41, 5.74) is 2.75. The molecule has 0 saturated carbocycles. The summed E-state index contributed by atoms with van der Waals surface area (Å²) < 4.78 is 39.9. The fourth-order valence-electron chi connectivity index (χ4n) is 3.01. The van der Waals surface area contributed by atoms with Crippen LogP contribution in [0.5, 0.6) is 0 Å². The largest absolute Gasteiger partial charge is 0.418 e. The van der Waals surface area contributed by atoms with Gasteiger partial charge in [0.1, 0.15) is 6.04 Å². The first-order chi connectivity index (χ1) is 10.8. The molecule has 0 aromatic heterocycles. The van der Waals surface area contributed by atoms with Crippen molar-refractivity contribution in [2.75, 3.05) is 32.8 Å². The third-order valence-corrected chi connectivity index (χ3v) is 4.43. The number of hydrazine groups is 1.